The van der Waals surface area contributed by atoms with Gasteiger partial charge in [-0.15, -0.1) is 0 Å². The molecule has 0 saturated carbocycles. The number of hydrogen-bond donors (Lipinski definition) is 2. The molecule has 90 valence electrons. The molecular weight excluding hydrogens is 240 g/mol. The molecule has 0 bridgehead atoms. The van der Waals surface area contributed by atoms with Crippen LogP contribution in [0.25, 0.3) is 0 Å². The van der Waals surface area contributed by atoms with Crippen molar-refractivity contribution < 1.29 is 9.90 Å². The van der Waals surface area contributed by atoms with Crippen LogP contribution >= 0.6 is 11.6 Å². The molecule has 0 heterocycles. The van der Waals surface area contributed by atoms with Gasteiger partial charge in [0.25, 0.3) is 0 Å². The molecule has 4 nitrogen and oxygen atoms in total. The fourth-order valence-electron chi connectivity index (χ4n) is 1.37. The predicted molar refractivity (Wildman–Crippen MR) is 66.1 cm³/mol. The van der Waals surface area contributed by atoms with E-state index in [1.807, 2.05) is 13.0 Å². The molecular formula is C12H13ClN2O2. The number of carboxylic acid groups (broad SMARTS) is 1. The molecule has 0 aliphatic heterocycles. The minimum absolute atomic E-state index is 0.317. The number of benzene rings is 1. The molecule has 2 N–H and O–H groups in total. The summed E-state index contributed by atoms with van der Waals surface area (Å²) in [6.45, 7) is 2.14. The number of carboxylic acids is 1. The summed E-state index contributed by atoms with van der Waals surface area (Å²) < 4.78 is 0. The Morgan fingerprint density at radius 1 is 1.65 bits per heavy atom. The second-order valence-electron chi connectivity index (χ2n) is 3.63. The van der Waals surface area contributed by atoms with Crippen LogP contribution in [-0.4, -0.2) is 17.6 Å². The molecule has 0 fully saturated rings. The maximum absolute atomic E-state index is 10.8. The minimum atomic E-state index is -0.829. The van der Waals surface area contributed by atoms with Gasteiger partial charge in [-0.3, -0.25) is 4.79 Å². The van der Waals surface area contributed by atoms with E-state index in [-0.39, 0.29) is 0 Å². The quantitative estimate of drug-likeness (QED) is 0.845. The highest BCUT2D eigenvalue weighted by molar-refractivity contribution is 6.33. The lowest BCUT2D eigenvalue weighted by atomic mass is 10.1. The molecule has 17 heavy (non-hydrogen) atoms. The monoisotopic (exact) mass is 252 g/mol. The molecule has 0 aliphatic rings. The van der Waals surface area contributed by atoms with Gasteiger partial charge in [0, 0.05) is 6.54 Å². The average Bonchev–Trinajstić information content (AvgIpc) is 2.31. The molecule has 1 aromatic carbocycles. The van der Waals surface area contributed by atoms with Crippen molar-refractivity contribution in [3.8, 4) is 6.07 Å². The Bertz CT molecular complexity index is 454. The zero-order valence-electron chi connectivity index (χ0n) is 9.40. The van der Waals surface area contributed by atoms with Crippen LogP contribution in [0.5, 0.6) is 0 Å². The van der Waals surface area contributed by atoms with E-state index in [0.29, 0.717) is 29.2 Å². The number of nitrogens with one attached hydrogen (secondary N) is 1. The summed E-state index contributed by atoms with van der Waals surface area (Å²) in [6.07, 6.45) is 0.552. The third kappa shape index (κ3) is 3.65. The smallest absolute Gasteiger partial charge is 0.308 e. The molecule has 1 atom stereocenters. The molecule has 0 aliphatic carbocycles. The lowest BCUT2D eigenvalue weighted by molar-refractivity contribution is -0.141. The van der Waals surface area contributed by atoms with E-state index in [4.69, 9.17) is 22.0 Å². The summed E-state index contributed by atoms with van der Waals surface area (Å²) in [5, 5.41) is 21.0. The lowest BCUT2D eigenvalue weighted by Crippen LogP contribution is -2.22. The predicted octanol–water partition coefficient (Wildman–Crippen LogP) is 2.73. The highest BCUT2D eigenvalue weighted by Gasteiger charge is 2.14. The third-order valence-electron chi connectivity index (χ3n) is 2.48. The van der Waals surface area contributed by atoms with Crippen molar-refractivity contribution >= 4 is 23.3 Å². The average molecular weight is 253 g/mol. The molecule has 0 aromatic heterocycles. The van der Waals surface area contributed by atoms with Gasteiger partial charge in [0.05, 0.1) is 28.3 Å². The van der Waals surface area contributed by atoms with Crippen molar-refractivity contribution in [1.82, 2.24) is 0 Å². The number of aliphatic carboxylic acids is 1. The van der Waals surface area contributed by atoms with E-state index in [2.05, 4.69) is 5.32 Å². The Balaban J connectivity index is 2.70. The summed E-state index contributed by atoms with van der Waals surface area (Å²) in [5.74, 6) is -1.27. The zero-order valence-corrected chi connectivity index (χ0v) is 10.2. The molecule has 1 unspecified atom stereocenters. The number of anilines is 1. The van der Waals surface area contributed by atoms with Crippen LogP contribution in [0.3, 0.4) is 0 Å². The standard InChI is InChI=1S/C12H13ClN2O2/c1-2-9(12(16)17)7-15-11-4-3-8(6-14)5-10(11)13/h3-5,9,15H,2,7H2,1H3,(H,16,17). The van der Waals surface area contributed by atoms with Crippen LogP contribution < -0.4 is 5.32 Å². The van der Waals surface area contributed by atoms with Crippen molar-refractivity contribution in [1.29, 1.82) is 5.26 Å². The Morgan fingerprint density at radius 3 is 2.82 bits per heavy atom. The highest BCUT2D eigenvalue weighted by Crippen LogP contribution is 2.23. The molecule has 1 rings (SSSR count). The van der Waals surface area contributed by atoms with E-state index in [0.717, 1.165) is 0 Å². The molecule has 0 amide bonds. The van der Waals surface area contributed by atoms with Crippen molar-refractivity contribution in [2.75, 3.05) is 11.9 Å². The normalized spacial score (nSPS) is 11.6. The van der Waals surface area contributed by atoms with Crippen molar-refractivity contribution in [3.63, 3.8) is 0 Å². The molecule has 0 radical (unpaired) electrons. The van der Waals surface area contributed by atoms with Gasteiger partial charge in [-0.05, 0) is 24.6 Å². The number of nitrogens with zero attached hydrogens (tertiary/aromatic N) is 1. The van der Waals surface area contributed by atoms with E-state index in [9.17, 15) is 4.79 Å². The van der Waals surface area contributed by atoms with E-state index in [1.165, 1.54) is 0 Å². The van der Waals surface area contributed by atoms with Gasteiger partial charge < -0.3 is 10.4 Å². The summed E-state index contributed by atoms with van der Waals surface area (Å²) >= 11 is 5.95. The second-order valence-corrected chi connectivity index (χ2v) is 4.04. The first-order valence-electron chi connectivity index (χ1n) is 5.24. The Kier molecular flexibility index (Phi) is 4.80. The van der Waals surface area contributed by atoms with Gasteiger partial charge in [0.15, 0.2) is 0 Å². The topological polar surface area (TPSA) is 73.1 Å². The maximum Gasteiger partial charge on any atom is 0.308 e. The van der Waals surface area contributed by atoms with Gasteiger partial charge in [-0.2, -0.15) is 5.26 Å². The Hall–Kier alpha value is -1.73. The summed E-state index contributed by atoms with van der Waals surface area (Å²) in [5.41, 5.74) is 1.12. The largest absolute Gasteiger partial charge is 0.481 e. The molecule has 1 aromatic rings. The number of nitriles is 1. The van der Waals surface area contributed by atoms with E-state index >= 15 is 0 Å². The van der Waals surface area contributed by atoms with Crippen molar-refractivity contribution in [2.45, 2.75) is 13.3 Å². The van der Waals surface area contributed by atoms with Crippen LogP contribution in [0.2, 0.25) is 5.02 Å². The Labute approximate surface area is 105 Å². The van der Waals surface area contributed by atoms with E-state index < -0.39 is 11.9 Å². The SMILES string of the molecule is CCC(CNc1ccc(C#N)cc1Cl)C(=O)O. The van der Waals surface area contributed by atoms with Gasteiger partial charge >= 0.3 is 5.97 Å². The van der Waals surface area contributed by atoms with Crippen LogP contribution in [0.4, 0.5) is 5.69 Å². The lowest BCUT2D eigenvalue weighted by Gasteiger charge is -2.13. The number of carbonyl (C=O) groups is 1. The second kappa shape index (κ2) is 6.12. The molecule has 5 heteroatoms. The third-order valence-corrected chi connectivity index (χ3v) is 2.79. The first-order valence-corrected chi connectivity index (χ1v) is 5.62. The maximum atomic E-state index is 10.8. The fraction of sp³-hybridized carbons (Fsp3) is 0.333. The van der Waals surface area contributed by atoms with Crippen LogP contribution in [0.1, 0.15) is 18.9 Å². The van der Waals surface area contributed by atoms with Gasteiger partial charge in [-0.1, -0.05) is 18.5 Å². The first-order chi connectivity index (χ1) is 8.08. The molecule has 0 saturated heterocycles. The van der Waals surface area contributed by atoms with Gasteiger partial charge in [0.1, 0.15) is 0 Å². The highest BCUT2D eigenvalue weighted by atomic mass is 35.5. The number of hydrogen-bond acceptors (Lipinski definition) is 3. The van der Waals surface area contributed by atoms with Crippen molar-refractivity contribution in [3.05, 3.63) is 28.8 Å². The number of rotatable bonds is 5. The van der Waals surface area contributed by atoms with Crippen LogP contribution in [0.15, 0.2) is 18.2 Å². The summed E-state index contributed by atoms with van der Waals surface area (Å²) in [6, 6.07) is 6.84. The van der Waals surface area contributed by atoms with Crippen LogP contribution in [0, 0.1) is 17.2 Å². The fourth-order valence-corrected chi connectivity index (χ4v) is 1.61. The number of halogens is 1. The molecule has 0 spiro atoms. The zero-order chi connectivity index (χ0) is 12.8. The van der Waals surface area contributed by atoms with Gasteiger partial charge in [0.2, 0.25) is 0 Å². The van der Waals surface area contributed by atoms with Crippen molar-refractivity contribution in [2.24, 2.45) is 5.92 Å². The summed E-state index contributed by atoms with van der Waals surface area (Å²) in [7, 11) is 0. The first kappa shape index (κ1) is 13.3. The minimum Gasteiger partial charge on any atom is -0.481 e. The Morgan fingerprint density at radius 2 is 2.35 bits per heavy atom. The van der Waals surface area contributed by atoms with E-state index in [1.54, 1.807) is 18.2 Å². The van der Waals surface area contributed by atoms with Gasteiger partial charge in [-0.25, -0.2) is 0 Å². The van der Waals surface area contributed by atoms with Crippen LogP contribution in [-0.2, 0) is 4.79 Å². The summed E-state index contributed by atoms with van der Waals surface area (Å²) in [4.78, 5) is 10.8.